The van der Waals surface area contributed by atoms with Crippen LogP contribution in [0.4, 0.5) is 5.95 Å². The molecule has 2 aromatic rings. The molecule has 2 aromatic heterocycles. The van der Waals surface area contributed by atoms with Gasteiger partial charge in [-0.1, -0.05) is 0 Å². The molecule has 0 aromatic carbocycles. The molecule has 11 heteroatoms. The molecule has 0 bridgehead atoms. The molecule has 11 nitrogen and oxygen atoms in total. The Balaban J connectivity index is 1.92. The van der Waals surface area contributed by atoms with Gasteiger partial charge >= 0.3 is 11.9 Å². The number of hydrogen-bond donors (Lipinski definition) is 1. The molecule has 1 fully saturated rings. The largest absolute Gasteiger partial charge is 0.463 e. The van der Waals surface area contributed by atoms with Gasteiger partial charge in [0.25, 0.3) is 5.56 Å². The molecule has 0 spiro atoms. The molecule has 0 aliphatic carbocycles. The number of nitrogens with two attached hydrogens (primary N) is 1. The van der Waals surface area contributed by atoms with E-state index < -0.39 is 30.4 Å². The van der Waals surface area contributed by atoms with Gasteiger partial charge in [-0.2, -0.15) is 4.98 Å². The minimum atomic E-state index is -0.644. The number of imidazole rings is 1. The van der Waals surface area contributed by atoms with Crippen LogP contribution in [0, 0.1) is 0 Å². The molecule has 140 valence electrons. The summed E-state index contributed by atoms with van der Waals surface area (Å²) < 4.78 is 18.9. The molecular formula is C15H19N5O6. The highest BCUT2D eigenvalue weighted by Crippen LogP contribution is 2.32. The summed E-state index contributed by atoms with van der Waals surface area (Å²) in [6.07, 6.45) is -0.160. The zero-order valence-corrected chi connectivity index (χ0v) is 14.5. The standard InChI is InChI=1S/C15H19N5O6/c1-7(21)24-5-10-9(25-8(2)22)4-11(26-10)20-6-17-12-13(20)18-15(16)19(3)14(12)23/h6,9-11H,4-5H2,1-3H3,(H2,16,18)/t9-,10+,11+/m0/s1. The number of nitrogens with zero attached hydrogens (tertiary/aromatic N) is 4. The van der Waals surface area contributed by atoms with Crippen molar-refractivity contribution >= 4 is 29.1 Å². The number of aromatic nitrogens is 4. The normalized spacial score (nSPS) is 22.5. The second kappa shape index (κ2) is 6.75. The topological polar surface area (TPSA) is 141 Å². The molecule has 1 aliphatic heterocycles. The Morgan fingerprint density at radius 2 is 2.12 bits per heavy atom. The maximum absolute atomic E-state index is 12.2. The average Bonchev–Trinajstić information content (AvgIpc) is 3.14. The molecular weight excluding hydrogens is 346 g/mol. The van der Waals surface area contributed by atoms with Crippen LogP contribution in [-0.4, -0.2) is 49.9 Å². The van der Waals surface area contributed by atoms with E-state index in [2.05, 4.69) is 9.97 Å². The van der Waals surface area contributed by atoms with Crippen LogP contribution < -0.4 is 11.3 Å². The number of carbonyl (C=O) groups is 2. The van der Waals surface area contributed by atoms with Crippen LogP contribution in [0.1, 0.15) is 26.5 Å². The van der Waals surface area contributed by atoms with Crippen LogP contribution in [0.25, 0.3) is 11.2 Å². The first-order chi connectivity index (χ1) is 12.3. The molecule has 2 N–H and O–H groups in total. The number of fused-ring (bicyclic) bond motifs is 1. The summed E-state index contributed by atoms with van der Waals surface area (Å²) in [6, 6.07) is 0. The summed E-state index contributed by atoms with van der Waals surface area (Å²) in [4.78, 5) is 42.9. The number of esters is 2. The number of ether oxygens (including phenoxy) is 3. The molecule has 3 rings (SSSR count). The second-order valence-corrected chi connectivity index (χ2v) is 5.97. The van der Waals surface area contributed by atoms with E-state index in [0.29, 0.717) is 0 Å². The van der Waals surface area contributed by atoms with Gasteiger partial charge in [0.05, 0.1) is 6.33 Å². The van der Waals surface area contributed by atoms with Crippen LogP contribution in [0.2, 0.25) is 0 Å². The molecule has 0 radical (unpaired) electrons. The lowest BCUT2D eigenvalue weighted by Gasteiger charge is -2.17. The SMILES string of the molecule is CC(=O)OC[C@H]1O[C@@H](n2cnc3c(=O)n(C)c(N)nc32)C[C@@H]1OC(C)=O. The second-order valence-electron chi connectivity index (χ2n) is 5.97. The number of anilines is 1. The minimum absolute atomic E-state index is 0.0373. The van der Waals surface area contributed by atoms with E-state index in [1.165, 1.54) is 31.8 Å². The van der Waals surface area contributed by atoms with Crippen LogP contribution >= 0.6 is 0 Å². The lowest BCUT2D eigenvalue weighted by Crippen LogP contribution is -2.31. The summed E-state index contributed by atoms with van der Waals surface area (Å²) in [5, 5.41) is 0. The highest BCUT2D eigenvalue weighted by Gasteiger charge is 2.40. The van der Waals surface area contributed by atoms with Crippen LogP contribution in [0.5, 0.6) is 0 Å². The Morgan fingerprint density at radius 3 is 2.77 bits per heavy atom. The van der Waals surface area contributed by atoms with E-state index in [4.69, 9.17) is 19.9 Å². The van der Waals surface area contributed by atoms with Crippen molar-refractivity contribution in [3.63, 3.8) is 0 Å². The van der Waals surface area contributed by atoms with Crippen molar-refractivity contribution in [3.8, 4) is 0 Å². The fourth-order valence-corrected chi connectivity index (χ4v) is 2.83. The van der Waals surface area contributed by atoms with Gasteiger partial charge in [0.15, 0.2) is 11.2 Å². The fraction of sp³-hybridized carbons (Fsp3) is 0.533. The smallest absolute Gasteiger partial charge is 0.303 e. The molecule has 0 amide bonds. The molecule has 0 saturated carbocycles. The van der Waals surface area contributed by atoms with Crippen molar-refractivity contribution in [1.82, 2.24) is 19.1 Å². The summed E-state index contributed by atoms with van der Waals surface area (Å²) >= 11 is 0. The van der Waals surface area contributed by atoms with E-state index in [1.54, 1.807) is 4.57 Å². The lowest BCUT2D eigenvalue weighted by atomic mass is 10.2. The predicted molar refractivity (Wildman–Crippen MR) is 87.9 cm³/mol. The first-order valence-corrected chi connectivity index (χ1v) is 7.93. The Morgan fingerprint density at radius 1 is 1.38 bits per heavy atom. The summed E-state index contributed by atoms with van der Waals surface area (Å²) in [6.45, 7) is 2.50. The molecule has 3 heterocycles. The lowest BCUT2D eigenvalue weighted by molar-refractivity contribution is -0.155. The van der Waals surface area contributed by atoms with Crippen molar-refractivity contribution in [2.24, 2.45) is 7.05 Å². The van der Waals surface area contributed by atoms with Gasteiger partial charge in [-0.3, -0.25) is 23.5 Å². The first kappa shape index (κ1) is 17.9. The Labute approximate surface area is 147 Å². The zero-order valence-electron chi connectivity index (χ0n) is 14.5. The molecule has 1 aliphatic rings. The quantitative estimate of drug-likeness (QED) is 0.709. The van der Waals surface area contributed by atoms with Gasteiger partial charge in [-0.15, -0.1) is 0 Å². The highest BCUT2D eigenvalue weighted by atomic mass is 16.6. The Kier molecular flexibility index (Phi) is 4.64. The van der Waals surface area contributed by atoms with Crippen LogP contribution in [-0.2, 0) is 30.8 Å². The monoisotopic (exact) mass is 365 g/mol. The van der Waals surface area contributed by atoms with Crippen LogP contribution in [0.15, 0.2) is 11.1 Å². The zero-order chi connectivity index (χ0) is 19.0. The number of hydrogen-bond acceptors (Lipinski definition) is 9. The van der Waals surface area contributed by atoms with E-state index in [9.17, 15) is 14.4 Å². The molecule has 26 heavy (non-hydrogen) atoms. The van der Waals surface area contributed by atoms with Crippen molar-refractivity contribution in [3.05, 3.63) is 16.7 Å². The third kappa shape index (κ3) is 3.25. The first-order valence-electron chi connectivity index (χ1n) is 7.93. The summed E-state index contributed by atoms with van der Waals surface area (Å²) in [5.41, 5.74) is 5.80. The van der Waals surface area contributed by atoms with E-state index in [0.717, 1.165) is 0 Å². The van der Waals surface area contributed by atoms with Crippen molar-refractivity contribution in [1.29, 1.82) is 0 Å². The number of rotatable bonds is 4. The van der Waals surface area contributed by atoms with E-state index >= 15 is 0 Å². The van der Waals surface area contributed by atoms with Gasteiger partial charge in [0.1, 0.15) is 25.0 Å². The molecule has 1 saturated heterocycles. The highest BCUT2D eigenvalue weighted by molar-refractivity contribution is 5.71. The van der Waals surface area contributed by atoms with Crippen molar-refractivity contribution in [2.75, 3.05) is 12.3 Å². The van der Waals surface area contributed by atoms with Gasteiger partial charge in [0, 0.05) is 27.3 Å². The molecule has 0 unspecified atom stereocenters. The third-order valence-electron chi connectivity index (χ3n) is 4.10. The molecule has 3 atom stereocenters. The van der Waals surface area contributed by atoms with E-state index in [1.807, 2.05) is 0 Å². The maximum atomic E-state index is 12.2. The van der Waals surface area contributed by atoms with E-state index in [-0.39, 0.29) is 35.7 Å². The summed E-state index contributed by atoms with van der Waals surface area (Å²) in [7, 11) is 1.50. The Hall–Kier alpha value is -2.95. The van der Waals surface area contributed by atoms with Gasteiger partial charge in [0.2, 0.25) is 5.95 Å². The fourth-order valence-electron chi connectivity index (χ4n) is 2.83. The average molecular weight is 365 g/mol. The van der Waals surface area contributed by atoms with Gasteiger partial charge < -0.3 is 19.9 Å². The number of nitrogen functional groups attached to an aromatic ring is 1. The maximum Gasteiger partial charge on any atom is 0.303 e. The van der Waals surface area contributed by atoms with Gasteiger partial charge in [-0.05, 0) is 0 Å². The van der Waals surface area contributed by atoms with Gasteiger partial charge in [-0.25, -0.2) is 4.98 Å². The number of carbonyl (C=O) groups excluding carboxylic acids is 2. The Bertz CT molecular complexity index is 919. The van der Waals surface area contributed by atoms with Crippen LogP contribution in [0.3, 0.4) is 0 Å². The van der Waals surface area contributed by atoms with Crippen molar-refractivity contribution < 1.29 is 23.8 Å². The predicted octanol–water partition coefficient (Wildman–Crippen LogP) is -0.505. The minimum Gasteiger partial charge on any atom is -0.463 e. The van der Waals surface area contributed by atoms with Crippen molar-refractivity contribution in [2.45, 2.75) is 38.7 Å². The third-order valence-corrected chi connectivity index (χ3v) is 4.10. The summed E-state index contributed by atoms with van der Waals surface area (Å²) in [5.74, 6) is -0.904.